The molecule has 1 heterocycles. The Kier molecular flexibility index (Phi) is 5.78. The van der Waals surface area contributed by atoms with Crippen LogP contribution in [0.25, 0.3) is 0 Å². The third-order valence-corrected chi connectivity index (χ3v) is 3.22. The Morgan fingerprint density at radius 2 is 2.14 bits per heavy atom. The Labute approximate surface area is 127 Å². The van der Waals surface area contributed by atoms with Crippen LogP contribution in [0, 0.1) is 0 Å². The number of benzene rings is 1. The van der Waals surface area contributed by atoms with Crippen LogP contribution in [0.4, 0.5) is 0 Å². The molecule has 6 heteroatoms. The molecule has 0 saturated heterocycles. The third-order valence-electron chi connectivity index (χ3n) is 3.04. The Morgan fingerprint density at radius 3 is 2.76 bits per heavy atom. The van der Waals surface area contributed by atoms with Crippen LogP contribution in [0.5, 0.6) is 0 Å². The van der Waals surface area contributed by atoms with E-state index >= 15 is 0 Å². The molecule has 21 heavy (non-hydrogen) atoms. The van der Waals surface area contributed by atoms with Crippen molar-refractivity contribution >= 4 is 17.5 Å². The molecule has 0 aliphatic heterocycles. The summed E-state index contributed by atoms with van der Waals surface area (Å²) < 4.78 is 4.93. The number of nitrogens with one attached hydrogen (secondary N) is 1. The van der Waals surface area contributed by atoms with Crippen molar-refractivity contribution in [2.24, 2.45) is 0 Å². The summed E-state index contributed by atoms with van der Waals surface area (Å²) in [7, 11) is 0. The van der Waals surface area contributed by atoms with Crippen LogP contribution < -0.4 is 5.32 Å². The number of aliphatic hydroxyl groups is 1. The predicted molar refractivity (Wildman–Crippen MR) is 79.0 cm³/mol. The molecule has 2 aromatic rings. The highest BCUT2D eigenvalue weighted by Gasteiger charge is 2.13. The number of aromatic nitrogens is 1. The first-order chi connectivity index (χ1) is 10.2. The SMILES string of the molecule is O=C(CCc1cc(Cl)no1)NC(CO)Cc1ccccc1. The Morgan fingerprint density at radius 1 is 1.38 bits per heavy atom. The number of carbonyl (C=O) groups excluding carboxylic acids is 1. The predicted octanol–water partition coefficient (Wildman–Crippen LogP) is 1.98. The van der Waals surface area contributed by atoms with Gasteiger partial charge in [0.1, 0.15) is 5.76 Å². The molecule has 0 radical (unpaired) electrons. The van der Waals surface area contributed by atoms with Crippen molar-refractivity contribution in [3.8, 4) is 0 Å². The minimum Gasteiger partial charge on any atom is -0.394 e. The van der Waals surface area contributed by atoms with E-state index < -0.39 is 0 Å². The molecule has 0 aliphatic rings. The normalized spacial score (nSPS) is 12.1. The lowest BCUT2D eigenvalue weighted by atomic mass is 10.1. The molecular formula is C15H17ClN2O3. The summed E-state index contributed by atoms with van der Waals surface area (Å²) in [6.45, 7) is -0.102. The number of hydrogen-bond acceptors (Lipinski definition) is 4. The summed E-state index contributed by atoms with van der Waals surface area (Å²) in [4.78, 5) is 11.9. The van der Waals surface area contributed by atoms with E-state index in [1.807, 2.05) is 30.3 Å². The summed E-state index contributed by atoms with van der Waals surface area (Å²) in [5.41, 5.74) is 1.07. The van der Waals surface area contributed by atoms with Gasteiger partial charge in [0, 0.05) is 18.9 Å². The van der Waals surface area contributed by atoms with E-state index in [-0.39, 0.29) is 30.1 Å². The first-order valence-corrected chi connectivity index (χ1v) is 7.10. The second-order valence-electron chi connectivity index (χ2n) is 4.75. The van der Waals surface area contributed by atoms with Crippen molar-refractivity contribution in [2.75, 3.05) is 6.61 Å². The second-order valence-corrected chi connectivity index (χ2v) is 5.14. The average molecular weight is 309 g/mol. The van der Waals surface area contributed by atoms with Gasteiger partial charge in [-0.25, -0.2) is 0 Å². The summed E-state index contributed by atoms with van der Waals surface area (Å²) in [5, 5.41) is 16.0. The van der Waals surface area contributed by atoms with Crippen LogP contribution in [-0.2, 0) is 17.6 Å². The molecule has 2 N–H and O–H groups in total. The molecule has 0 fully saturated rings. The molecule has 0 bridgehead atoms. The lowest BCUT2D eigenvalue weighted by Gasteiger charge is -2.16. The van der Waals surface area contributed by atoms with E-state index in [1.54, 1.807) is 6.07 Å². The maximum Gasteiger partial charge on any atom is 0.220 e. The number of halogens is 1. The smallest absolute Gasteiger partial charge is 0.220 e. The molecule has 2 rings (SSSR count). The number of hydrogen-bond donors (Lipinski definition) is 2. The lowest BCUT2D eigenvalue weighted by molar-refractivity contribution is -0.122. The molecule has 1 aromatic carbocycles. The quantitative estimate of drug-likeness (QED) is 0.820. The maximum absolute atomic E-state index is 11.9. The van der Waals surface area contributed by atoms with Crippen LogP contribution in [0.1, 0.15) is 17.7 Å². The number of nitrogens with zero attached hydrogens (tertiary/aromatic N) is 1. The van der Waals surface area contributed by atoms with Crippen molar-refractivity contribution in [3.05, 3.63) is 52.9 Å². The molecule has 1 amide bonds. The fourth-order valence-electron chi connectivity index (χ4n) is 2.00. The molecule has 1 aromatic heterocycles. The van der Waals surface area contributed by atoms with Crippen LogP contribution in [0.2, 0.25) is 5.15 Å². The average Bonchev–Trinajstić information content (AvgIpc) is 2.91. The second kappa shape index (κ2) is 7.81. The van der Waals surface area contributed by atoms with Gasteiger partial charge in [-0.1, -0.05) is 47.1 Å². The highest BCUT2D eigenvalue weighted by molar-refractivity contribution is 6.29. The number of aryl methyl sites for hydroxylation is 1. The molecule has 1 unspecified atom stereocenters. The zero-order valence-electron chi connectivity index (χ0n) is 11.5. The Hall–Kier alpha value is -1.85. The van der Waals surface area contributed by atoms with Crippen molar-refractivity contribution in [2.45, 2.75) is 25.3 Å². The molecule has 112 valence electrons. The number of carbonyl (C=O) groups is 1. The van der Waals surface area contributed by atoms with Crippen LogP contribution in [-0.4, -0.2) is 28.8 Å². The summed E-state index contributed by atoms with van der Waals surface area (Å²) >= 11 is 5.63. The van der Waals surface area contributed by atoms with Gasteiger partial charge in [0.15, 0.2) is 5.15 Å². The Balaban J connectivity index is 1.79. The monoisotopic (exact) mass is 308 g/mol. The molecule has 1 atom stereocenters. The molecule has 5 nitrogen and oxygen atoms in total. The maximum atomic E-state index is 11.9. The van der Waals surface area contributed by atoms with Gasteiger partial charge in [-0.05, 0) is 12.0 Å². The summed E-state index contributed by atoms with van der Waals surface area (Å²) in [6.07, 6.45) is 1.28. The Bertz CT molecular complexity index is 571. The van der Waals surface area contributed by atoms with E-state index in [9.17, 15) is 9.90 Å². The minimum absolute atomic E-state index is 0.102. The fourth-order valence-corrected chi connectivity index (χ4v) is 2.16. The summed E-state index contributed by atoms with van der Waals surface area (Å²) in [5.74, 6) is 0.427. The van der Waals surface area contributed by atoms with Gasteiger partial charge in [-0.3, -0.25) is 4.79 Å². The van der Waals surface area contributed by atoms with Crippen LogP contribution in [0.3, 0.4) is 0 Å². The standard InChI is InChI=1S/C15H17ClN2O3/c16-14-9-13(21-18-14)6-7-15(20)17-12(10-19)8-11-4-2-1-3-5-11/h1-5,9,12,19H,6-8,10H2,(H,17,20). The van der Waals surface area contributed by atoms with E-state index in [2.05, 4.69) is 10.5 Å². The zero-order valence-corrected chi connectivity index (χ0v) is 12.2. The molecule has 0 saturated carbocycles. The number of rotatable bonds is 7. The van der Waals surface area contributed by atoms with E-state index in [0.717, 1.165) is 5.56 Å². The van der Waals surface area contributed by atoms with Gasteiger partial charge in [-0.15, -0.1) is 0 Å². The largest absolute Gasteiger partial charge is 0.394 e. The third kappa shape index (κ3) is 5.21. The summed E-state index contributed by atoms with van der Waals surface area (Å²) in [6, 6.07) is 11.0. The molecular weight excluding hydrogens is 292 g/mol. The van der Waals surface area contributed by atoms with Gasteiger partial charge in [0.05, 0.1) is 12.6 Å². The minimum atomic E-state index is -0.293. The molecule has 0 aliphatic carbocycles. The van der Waals surface area contributed by atoms with E-state index in [1.165, 1.54) is 0 Å². The number of amides is 1. The highest BCUT2D eigenvalue weighted by atomic mass is 35.5. The van der Waals surface area contributed by atoms with Crippen molar-refractivity contribution < 1.29 is 14.4 Å². The highest BCUT2D eigenvalue weighted by Crippen LogP contribution is 2.10. The van der Waals surface area contributed by atoms with Gasteiger partial charge >= 0.3 is 0 Å². The van der Waals surface area contributed by atoms with Crippen LogP contribution in [0.15, 0.2) is 40.9 Å². The number of aliphatic hydroxyl groups excluding tert-OH is 1. The van der Waals surface area contributed by atoms with Gasteiger partial charge < -0.3 is 14.9 Å². The first-order valence-electron chi connectivity index (χ1n) is 6.72. The van der Waals surface area contributed by atoms with Gasteiger partial charge in [0.2, 0.25) is 5.91 Å². The van der Waals surface area contributed by atoms with E-state index in [0.29, 0.717) is 18.6 Å². The van der Waals surface area contributed by atoms with Gasteiger partial charge in [-0.2, -0.15) is 0 Å². The van der Waals surface area contributed by atoms with Crippen molar-refractivity contribution in [3.63, 3.8) is 0 Å². The van der Waals surface area contributed by atoms with Crippen LogP contribution >= 0.6 is 11.6 Å². The van der Waals surface area contributed by atoms with Gasteiger partial charge in [0.25, 0.3) is 0 Å². The van der Waals surface area contributed by atoms with E-state index in [4.69, 9.17) is 16.1 Å². The van der Waals surface area contributed by atoms with Crippen molar-refractivity contribution in [1.82, 2.24) is 10.5 Å². The topological polar surface area (TPSA) is 75.4 Å². The fraction of sp³-hybridized carbons (Fsp3) is 0.333. The zero-order chi connectivity index (χ0) is 15.1. The first kappa shape index (κ1) is 15.5. The molecule has 0 spiro atoms. The van der Waals surface area contributed by atoms with Crippen molar-refractivity contribution in [1.29, 1.82) is 0 Å². The lowest BCUT2D eigenvalue weighted by Crippen LogP contribution is -2.39.